The number of ether oxygens (including phenoxy) is 1. The van der Waals surface area contributed by atoms with Crippen molar-refractivity contribution in [2.24, 2.45) is 0 Å². The fraction of sp³-hybridized carbons (Fsp3) is 0.471. The minimum atomic E-state index is -3.83. The Hall–Kier alpha value is -2.46. The lowest BCUT2D eigenvalue weighted by Gasteiger charge is -2.20. The summed E-state index contributed by atoms with van der Waals surface area (Å²) in [7, 11) is -3.83. The fourth-order valence-corrected chi connectivity index (χ4v) is 2.83. The Labute approximate surface area is 158 Å². The lowest BCUT2D eigenvalue weighted by Crippen LogP contribution is -2.43. The summed E-state index contributed by atoms with van der Waals surface area (Å²) < 4.78 is 31.0. The first kappa shape index (κ1) is 22.6. The van der Waals surface area contributed by atoms with E-state index in [1.807, 2.05) is 6.92 Å². The van der Waals surface area contributed by atoms with E-state index in [1.54, 1.807) is 32.9 Å². The van der Waals surface area contributed by atoms with Crippen molar-refractivity contribution in [3.05, 3.63) is 29.8 Å². The zero-order valence-electron chi connectivity index (χ0n) is 15.8. The summed E-state index contributed by atoms with van der Waals surface area (Å²) in [5.41, 5.74) is 0.452. The second-order valence-electron chi connectivity index (χ2n) is 6.87. The van der Waals surface area contributed by atoms with Crippen LogP contribution < -0.4 is 15.4 Å². The van der Waals surface area contributed by atoms with Gasteiger partial charge in [0.1, 0.15) is 6.54 Å². The Morgan fingerprint density at radius 3 is 2.15 bits per heavy atom. The number of nitrogens with one attached hydrogen (secondary N) is 3. The second kappa shape index (κ2) is 9.47. The van der Waals surface area contributed by atoms with Gasteiger partial charge in [-0.15, -0.1) is 0 Å². The lowest BCUT2D eigenvalue weighted by atomic mass is 10.1. The van der Waals surface area contributed by atoms with Crippen LogP contribution in [0.4, 0.5) is 0 Å². The molecule has 0 unspecified atom stereocenters. The van der Waals surface area contributed by atoms with E-state index >= 15 is 0 Å². The van der Waals surface area contributed by atoms with Gasteiger partial charge in [-0.3, -0.25) is 14.4 Å². The maximum Gasteiger partial charge on any atom is 0.325 e. The third-order valence-electron chi connectivity index (χ3n) is 3.06. The number of amides is 2. The van der Waals surface area contributed by atoms with Gasteiger partial charge < -0.3 is 15.4 Å². The SMILES string of the molecule is Cc1ccc(S(=O)(=O)NCC(=O)NCC(=O)OCC(=O)NC(C)(C)C)cc1. The molecule has 2 amide bonds. The third-order valence-corrected chi connectivity index (χ3v) is 4.48. The molecular weight excluding hydrogens is 374 g/mol. The number of hydrogen-bond acceptors (Lipinski definition) is 6. The lowest BCUT2D eigenvalue weighted by molar-refractivity contribution is -0.148. The fourth-order valence-electron chi connectivity index (χ4n) is 1.85. The Balaban J connectivity index is 2.35. The summed E-state index contributed by atoms with van der Waals surface area (Å²) in [4.78, 5) is 34.7. The van der Waals surface area contributed by atoms with E-state index < -0.39 is 53.0 Å². The standard InChI is InChI=1S/C17H25N3O6S/c1-12-5-7-13(8-6-12)27(24,25)19-9-14(21)18-10-16(23)26-11-15(22)20-17(2,3)4/h5-8,19H,9-11H2,1-4H3,(H,18,21)(H,20,22). The molecule has 1 aromatic rings. The molecule has 0 saturated carbocycles. The van der Waals surface area contributed by atoms with Crippen LogP contribution in [0, 0.1) is 6.92 Å². The summed E-state index contributed by atoms with van der Waals surface area (Å²) in [6, 6.07) is 6.13. The molecule has 150 valence electrons. The van der Waals surface area contributed by atoms with Gasteiger partial charge in [-0.25, -0.2) is 13.1 Å². The molecule has 9 nitrogen and oxygen atoms in total. The van der Waals surface area contributed by atoms with Gasteiger partial charge in [0.2, 0.25) is 15.9 Å². The van der Waals surface area contributed by atoms with Crippen LogP contribution in [0.1, 0.15) is 26.3 Å². The minimum Gasteiger partial charge on any atom is -0.454 e. The van der Waals surface area contributed by atoms with Gasteiger partial charge in [-0.1, -0.05) is 17.7 Å². The highest BCUT2D eigenvalue weighted by atomic mass is 32.2. The Morgan fingerprint density at radius 2 is 1.59 bits per heavy atom. The molecule has 0 heterocycles. The predicted octanol–water partition coefficient (Wildman–Crippen LogP) is -0.153. The molecule has 0 aromatic heterocycles. The molecule has 0 spiro atoms. The van der Waals surface area contributed by atoms with Crippen LogP contribution in [-0.4, -0.2) is 51.4 Å². The minimum absolute atomic E-state index is 0.0326. The zero-order valence-corrected chi connectivity index (χ0v) is 16.6. The number of carbonyl (C=O) groups excluding carboxylic acids is 3. The van der Waals surface area contributed by atoms with E-state index in [0.717, 1.165) is 5.56 Å². The van der Waals surface area contributed by atoms with Crippen LogP contribution in [0.5, 0.6) is 0 Å². The van der Waals surface area contributed by atoms with Gasteiger partial charge in [0.25, 0.3) is 5.91 Å². The highest BCUT2D eigenvalue weighted by Crippen LogP contribution is 2.09. The number of aryl methyl sites for hydroxylation is 1. The van der Waals surface area contributed by atoms with Gasteiger partial charge >= 0.3 is 5.97 Å². The molecule has 0 aliphatic rings. The van der Waals surface area contributed by atoms with Gasteiger partial charge in [-0.05, 0) is 39.8 Å². The maximum atomic E-state index is 12.1. The van der Waals surface area contributed by atoms with Crippen LogP contribution in [0.15, 0.2) is 29.2 Å². The number of rotatable bonds is 8. The molecule has 10 heteroatoms. The number of sulfonamides is 1. The molecule has 0 aliphatic heterocycles. The highest BCUT2D eigenvalue weighted by Gasteiger charge is 2.17. The van der Waals surface area contributed by atoms with Crippen molar-refractivity contribution in [3.8, 4) is 0 Å². The van der Waals surface area contributed by atoms with Crippen molar-refractivity contribution in [1.29, 1.82) is 0 Å². The number of benzene rings is 1. The summed E-state index contributed by atoms with van der Waals surface area (Å²) in [5.74, 6) is -1.98. The summed E-state index contributed by atoms with van der Waals surface area (Å²) >= 11 is 0. The molecule has 0 atom stereocenters. The summed E-state index contributed by atoms with van der Waals surface area (Å²) in [6.07, 6.45) is 0. The van der Waals surface area contributed by atoms with Gasteiger partial charge in [0, 0.05) is 5.54 Å². The summed E-state index contributed by atoms with van der Waals surface area (Å²) in [5, 5.41) is 4.83. The highest BCUT2D eigenvalue weighted by molar-refractivity contribution is 7.89. The topological polar surface area (TPSA) is 131 Å². The van der Waals surface area contributed by atoms with Crippen molar-refractivity contribution in [2.45, 2.75) is 38.1 Å². The molecule has 1 rings (SSSR count). The second-order valence-corrected chi connectivity index (χ2v) is 8.64. The smallest absolute Gasteiger partial charge is 0.325 e. The van der Waals surface area contributed by atoms with Crippen molar-refractivity contribution in [3.63, 3.8) is 0 Å². The first-order valence-corrected chi connectivity index (χ1v) is 9.67. The molecule has 1 aromatic carbocycles. The van der Waals surface area contributed by atoms with Gasteiger partial charge in [0.15, 0.2) is 6.61 Å². The van der Waals surface area contributed by atoms with E-state index in [-0.39, 0.29) is 4.90 Å². The van der Waals surface area contributed by atoms with Crippen molar-refractivity contribution in [1.82, 2.24) is 15.4 Å². The first-order chi connectivity index (χ1) is 12.4. The van der Waals surface area contributed by atoms with Crippen LogP contribution >= 0.6 is 0 Å². The monoisotopic (exact) mass is 399 g/mol. The quantitative estimate of drug-likeness (QED) is 0.521. The Kier molecular flexibility index (Phi) is 7.92. The molecular formula is C17H25N3O6S. The third kappa shape index (κ3) is 9.15. The van der Waals surface area contributed by atoms with E-state index in [0.29, 0.717) is 0 Å². The number of hydrogen-bond donors (Lipinski definition) is 3. The normalized spacial score (nSPS) is 11.6. The van der Waals surface area contributed by atoms with Crippen molar-refractivity contribution in [2.75, 3.05) is 19.7 Å². The average molecular weight is 399 g/mol. The Morgan fingerprint density at radius 1 is 1.00 bits per heavy atom. The molecule has 0 aliphatic carbocycles. The zero-order chi connectivity index (χ0) is 20.7. The van der Waals surface area contributed by atoms with Crippen LogP contribution in [0.2, 0.25) is 0 Å². The van der Waals surface area contributed by atoms with Gasteiger partial charge in [0.05, 0.1) is 11.4 Å². The average Bonchev–Trinajstić information content (AvgIpc) is 2.55. The molecule has 3 N–H and O–H groups in total. The first-order valence-electron chi connectivity index (χ1n) is 8.19. The molecule has 27 heavy (non-hydrogen) atoms. The van der Waals surface area contributed by atoms with Gasteiger partial charge in [-0.2, -0.15) is 0 Å². The molecule has 0 radical (unpaired) electrons. The summed E-state index contributed by atoms with van der Waals surface area (Å²) in [6.45, 7) is 5.69. The van der Waals surface area contributed by atoms with Crippen molar-refractivity contribution >= 4 is 27.8 Å². The van der Waals surface area contributed by atoms with Crippen LogP contribution in [0.25, 0.3) is 0 Å². The Bertz CT molecular complexity index is 782. The van der Waals surface area contributed by atoms with Crippen molar-refractivity contribution < 1.29 is 27.5 Å². The molecule has 0 saturated heterocycles. The maximum absolute atomic E-state index is 12.1. The van der Waals surface area contributed by atoms with Crippen LogP contribution in [-0.2, 0) is 29.1 Å². The number of esters is 1. The van der Waals surface area contributed by atoms with E-state index in [1.165, 1.54) is 12.1 Å². The van der Waals surface area contributed by atoms with Crippen LogP contribution in [0.3, 0.4) is 0 Å². The predicted molar refractivity (Wildman–Crippen MR) is 98.2 cm³/mol. The number of carbonyl (C=O) groups is 3. The van der Waals surface area contributed by atoms with E-state index in [9.17, 15) is 22.8 Å². The molecule has 0 bridgehead atoms. The van der Waals surface area contributed by atoms with E-state index in [2.05, 4.69) is 15.4 Å². The van der Waals surface area contributed by atoms with E-state index in [4.69, 9.17) is 4.74 Å². The molecule has 0 fully saturated rings. The largest absolute Gasteiger partial charge is 0.454 e.